The number of aromatic nitrogens is 2. The normalized spacial score (nSPS) is 14.2. The van der Waals surface area contributed by atoms with Crippen molar-refractivity contribution in [2.75, 3.05) is 0 Å². The van der Waals surface area contributed by atoms with Crippen LogP contribution in [0.3, 0.4) is 0 Å². The Hall–Kier alpha value is -1.17. The summed E-state index contributed by atoms with van der Waals surface area (Å²) >= 11 is 7.50. The summed E-state index contributed by atoms with van der Waals surface area (Å²) in [6.07, 6.45) is 0. The minimum atomic E-state index is -0.0808. The molecule has 0 aliphatic rings. The highest BCUT2D eigenvalue weighted by atomic mass is 35.5. The Morgan fingerprint density at radius 3 is 2.55 bits per heavy atom. The lowest BCUT2D eigenvalue weighted by molar-refractivity contribution is 0.493. The Bertz CT molecular complexity index is 665. The zero-order valence-electron chi connectivity index (χ0n) is 12.0. The topological polar surface area (TPSA) is 57.8 Å². The highest BCUT2D eigenvalue weighted by Gasteiger charge is 2.18. The molecule has 2 N–H and O–H groups in total. The van der Waals surface area contributed by atoms with E-state index in [0.29, 0.717) is 11.4 Å². The minimum Gasteiger partial charge on any atom is -0.310 e. The summed E-state index contributed by atoms with van der Waals surface area (Å²) in [6.45, 7) is 7.68. The molecule has 0 aliphatic carbocycles. The Kier molecular flexibility index (Phi) is 4.62. The van der Waals surface area contributed by atoms with Gasteiger partial charge in [-0.1, -0.05) is 11.6 Å². The molecule has 0 aromatic carbocycles. The molecule has 2 unspecified atom stereocenters. The largest absolute Gasteiger partial charge is 0.310 e. The zero-order chi connectivity index (χ0) is 14.9. The first-order chi connectivity index (χ1) is 9.38. The van der Waals surface area contributed by atoms with Gasteiger partial charge in [-0.05, 0) is 39.8 Å². The first-order valence-electron chi connectivity index (χ1n) is 6.47. The standard InChI is InChI=1S/C14H18ClN3OS/c1-7(11-5-6-12(15)20-11)16-8(2)13-9(3)17-10(4)18-14(13)19/h5-8,16H,1-4H3,(H,17,18,19). The molecular formula is C14H18ClN3OS. The van der Waals surface area contributed by atoms with Crippen LogP contribution in [0.25, 0.3) is 0 Å². The van der Waals surface area contributed by atoms with Crippen LogP contribution in [-0.4, -0.2) is 9.97 Å². The molecule has 4 nitrogen and oxygen atoms in total. The number of nitrogens with one attached hydrogen (secondary N) is 2. The second-order valence-corrected chi connectivity index (χ2v) is 6.65. The van der Waals surface area contributed by atoms with Crippen molar-refractivity contribution in [2.45, 2.75) is 39.8 Å². The quantitative estimate of drug-likeness (QED) is 0.908. The van der Waals surface area contributed by atoms with Crippen LogP contribution in [0, 0.1) is 13.8 Å². The number of rotatable bonds is 4. The summed E-state index contributed by atoms with van der Waals surface area (Å²) in [5.74, 6) is 0.640. The van der Waals surface area contributed by atoms with Gasteiger partial charge in [-0.15, -0.1) is 11.3 Å². The monoisotopic (exact) mass is 311 g/mol. The van der Waals surface area contributed by atoms with Crippen molar-refractivity contribution in [3.63, 3.8) is 0 Å². The summed E-state index contributed by atoms with van der Waals surface area (Å²) < 4.78 is 0.771. The first kappa shape index (κ1) is 15.2. The maximum atomic E-state index is 12.1. The molecule has 2 aromatic rings. The number of thiophene rings is 1. The highest BCUT2D eigenvalue weighted by Crippen LogP contribution is 2.28. The SMILES string of the molecule is Cc1nc(C)c(C(C)NC(C)c2ccc(Cl)s2)c(=O)[nH]1. The zero-order valence-corrected chi connectivity index (χ0v) is 13.5. The van der Waals surface area contributed by atoms with Crippen LogP contribution in [0.4, 0.5) is 0 Å². The van der Waals surface area contributed by atoms with Crippen LogP contribution in [0.5, 0.6) is 0 Å². The second kappa shape index (κ2) is 6.08. The summed E-state index contributed by atoms with van der Waals surface area (Å²) in [4.78, 5) is 20.3. The smallest absolute Gasteiger partial charge is 0.255 e. The van der Waals surface area contributed by atoms with Crippen molar-refractivity contribution < 1.29 is 0 Å². The Morgan fingerprint density at radius 2 is 2.00 bits per heavy atom. The molecule has 20 heavy (non-hydrogen) atoms. The molecule has 108 valence electrons. The van der Waals surface area contributed by atoms with E-state index < -0.39 is 0 Å². The summed E-state index contributed by atoms with van der Waals surface area (Å²) in [6, 6.07) is 3.93. The Morgan fingerprint density at radius 1 is 1.30 bits per heavy atom. The van der Waals surface area contributed by atoms with Gasteiger partial charge in [0.25, 0.3) is 5.56 Å². The van der Waals surface area contributed by atoms with Gasteiger partial charge in [0.2, 0.25) is 0 Å². The van der Waals surface area contributed by atoms with E-state index in [2.05, 4.69) is 22.2 Å². The highest BCUT2D eigenvalue weighted by molar-refractivity contribution is 7.16. The fourth-order valence-corrected chi connectivity index (χ4v) is 3.42. The van der Waals surface area contributed by atoms with E-state index in [9.17, 15) is 4.79 Å². The van der Waals surface area contributed by atoms with Crippen LogP contribution < -0.4 is 10.9 Å². The lowest BCUT2D eigenvalue weighted by Gasteiger charge is -2.20. The maximum absolute atomic E-state index is 12.1. The van der Waals surface area contributed by atoms with Gasteiger partial charge in [-0.2, -0.15) is 0 Å². The number of aromatic amines is 1. The van der Waals surface area contributed by atoms with E-state index in [1.54, 1.807) is 18.3 Å². The van der Waals surface area contributed by atoms with E-state index in [0.717, 1.165) is 14.9 Å². The predicted octanol–water partition coefficient (Wildman–Crippen LogP) is 3.51. The number of H-pyrrole nitrogens is 1. The third kappa shape index (κ3) is 3.29. The Balaban J connectivity index is 2.20. The fourth-order valence-electron chi connectivity index (χ4n) is 2.35. The molecule has 0 saturated carbocycles. The van der Waals surface area contributed by atoms with E-state index in [1.807, 2.05) is 26.0 Å². The molecule has 0 spiro atoms. The molecule has 0 amide bonds. The van der Waals surface area contributed by atoms with E-state index in [-0.39, 0.29) is 17.6 Å². The molecule has 2 rings (SSSR count). The second-order valence-electron chi connectivity index (χ2n) is 4.90. The lowest BCUT2D eigenvalue weighted by Crippen LogP contribution is -2.29. The summed E-state index contributed by atoms with van der Waals surface area (Å²) in [7, 11) is 0. The van der Waals surface area contributed by atoms with Gasteiger partial charge in [0.15, 0.2) is 0 Å². The van der Waals surface area contributed by atoms with Crippen molar-refractivity contribution in [3.05, 3.63) is 48.8 Å². The van der Waals surface area contributed by atoms with E-state index >= 15 is 0 Å². The van der Waals surface area contributed by atoms with Crippen molar-refractivity contribution >= 4 is 22.9 Å². The van der Waals surface area contributed by atoms with Crippen LogP contribution in [0.1, 0.15) is 47.9 Å². The van der Waals surface area contributed by atoms with Crippen molar-refractivity contribution in [3.8, 4) is 0 Å². The third-order valence-corrected chi connectivity index (χ3v) is 4.63. The van der Waals surface area contributed by atoms with Gasteiger partial charge < -0.3 is 10.3 Å². The molecule has 0 aliphatic heterocycles. The lowest BCUT2D eigenvalue weighted by atomic mass is 10.1. The number of nitrogens with zero attached hydrogens (tertiary/aromatic N) is 1. The third-order valence-electron chi connectivity index (χ3n) is 3.22. The molecule has 0 fully saturated rings. The maximum Gasteiger partial charge on any atom is 0.255 e. The Labute approximate surface area is 127 Å². The van der Waals surface area contributed by atoms with E-state index in [1.165, 1.54) is 0 Å². The number of hydrogen-bond acceptors (Lipinski definition) is 4. The van der Waals surface area contributed by atoms with Crippen LogP contribution in [0.15, 0.2) is 16.9 Å². The van der Waals surface area contributed by atoms with Gasteiger partial charge >= 0.3 is 0 Å². The van der Waals surface area contributed by atoms with Gasteiger partial charge in [-0.3, -0.25) is 4.79 Å². The van der Waals surface area contributed by atoms with Crippen LogP contribution in [-0.2, 0) is 0 Å². The van der Waals surface area contributed by atoms with Crippen molar-refractivity contribution in [1.82, 2.24) is 15.3 Å². The summed E-state index contributed by atoms with van der Waals surface area (Å²) in [5.41, 5.74) is 1.37. The first-order valence-corrected chi connectivity index (χ1v) is 7.66. The van der Waals surface area contributed by atoms with E-state index in [4.69, 9.17) is 11.6 Å². The van der Waals surface area contributed by atoms with Crippen LogP contribution >= 0.6 is 22.9 Å². The average molecular weight is 312 g/mol. The van der Waals surface area contributed by atoms with Crippen molar-refractivity contribution in [2.24, 2.45) is 0 Å². The minimum absolute atomic E-state index is 0.0774. The van der Waals surface area contributed by atoms with Gasteiger partial charge in [-0.25, -0.2) is 4.98 Å². The molecule has 0 radical (unpaired) electrons. The molecule has 0 bridgehead atoms. The van der Waals surface area contributed by atoms with Crippen LogP contribution in [0.2, 0.25) is 4.34 Å². The molecule has 0 saturated heterocycles. The molecule has 2 aromatic heterocycles. The summed E-state index contributed by atoms with van der Waals surface area (Å²) in [5, 5.41) is 3.42. The fraction of sp³-hybridized carbons (Fsp3) is 0.429. The number of hydrogen-bond donors (Lipinski definition) is 2. The van der Waals surface area contributed by atoms with Gasteiger partial charge in [0.05, 0.1) is 9.90 Å². The van der Waals surface area contributed by atoms with Gasteiger partial charge in [0.1, 0.15) is 5.82 Å². The molecular weight excluding hydrogens is 294 g/mol. The van der Waals surface area contributed by atoms with Crippen molar-refractivity contribution in [1.29, 1.82) is 0 Å². The van der Waals surface area contributed by atoms with Gasteiger partial charge in [0, 0.05) is 22.7 Å². The molecule has 2 heterocycles. The number of aryl methyl sites for hydroxylation is 2. The predicted molar refractivity (Wildman–Crippen MR) is 83.6 cm³/mol. The average Bonchev–Trinajstić information content (AvgIpc) is 2.74. The molecule has 2 atom stereocenters. The number of halogens is 1. The molecule has 6 heteroatoms.